The summed E-state index contributed by atoms with van der Waals surface area (Å²) in [6.07, 6.45) is 4.94. The number of nitrogens with one attached hydrogen (secondary N) is 4. The summed E-state index contributed by atoms with van der Waals surface area (Å²) < 4.78 is 5.42. The van der Waals surface area contributed by atoms with Crippen LogP contribution in [0.4, 0.5) is 0 Å². The number of aliphatic hydroxyl groups is 1. The molecule has 6 rings (SSSR count). The van der Waals surface area contributed by atoms with E-state index in [1.807, 2.05) is 90.4 Å². The molecule has 1 saturated heterocycles. The summed E-state index contributed by atoms with van der Waals surface area (Å²) >= 11 is 0. The molecule has 15 nitrogen and oxygen atoms in total. The van der Waals surface area contributed by atoms with E-state index in [4.69, 9.17) is 15.7 Å². The highest BCUT2D eigenvalue weighted by atomic mass is 16.7. The zero-order valence-electron chi connectivity index (χ0n) is 35.8. The van der Waals surface area contributed by atoms with Gasteiger partial charge in [-0.25, -0.2) is 10.2 Å². The van der Waals surface area contributed by atoms with Crippen molar-refractivity contribution in [3.63, 3.8) is 0 Å². The number of carbonyl (C=O) groups is 3. The van der Waals surface area contributed by atoms with Gasteiger partial charge in [0.05, 0.1) is 31.8 Å². The van der Waals surface area contributed by atoms with Crippen molar-refractivity contribution in [3.8, 4) is 11.8 Å². The number of morpholine rings is 1. The number of nitrogens with two attached hydrogens (primary N) is 1. The van der Waals surface area contributed by atoms with Crippen molar-refractivity contribution in [2.24, 2.45) is 22.6 Å². The molecule has 63 heavy (non-hydrogen) atoms. The number of nitrogens with zero attached hydrogens (tertiary/aromatic N) is 3. The number of fused-ring (bicyclic) bond motifs is 2. The number of ether oxygens (including phenoxy) is 1. The largest absolute Gasteiger partial charge is 0.390 e. The number of aliphatic hydroxyl groups excluding tert-OH is 1. The predicted molar refractivity (Wildman–Crippen MR) is 242 cm³/mol. The smallest absolute Gasteiger partial charge is 0.362 e. The normalized spacial score (nSPS) is 16.4. The highest BCUT2D eigenvalue weighted by Crippen LogP contribution is 2.29. The third-order valence-electron chi connectivity index (χ3n) is 12.0. The van der Waals surface area contributed by atoms with Gasteiger partial charge in [-0.2, -0.15) is 0 Å². The fourth-order valence-electron chi connectivity index (χ4n) is 8.68. The second-order valence-electron chi connectivity index (χ2n) is 16.5. The lowest BCUT2D eigenvalue weighted by molar-refractivity contribution is -0.822. The molecule has 4 aromatic rings. The average Bonchev–Trinajstić information content (AvgIpc) is 3.28. The monoisotopic (exact) mass is 861 g/mol. The lowest BCUT2D eigenvalue weighted by Gasteiger charge is -2.31. The molecule has 15 heteroatoms. The SMILES string of the molecule is NC(=NCC#CCC(NC(=O)C(Cc1cccc2ccccc12)Cc1cccc2ccccc12)C(=O)NC(CC1CCCCC1)C(O)CC(=O)NCCN1CCOCC1)N[N+](=O)O. The molecule has 3 atom stereocenters. The van der Waals surface area contributed by atoms with Crippen LogP contribution in [0.1, 0.15) is 62.5 Å². The van der Waals surface area contributed by atoms with Crippen LogP contribution in [-0.4, -0.2) is 108 Å². The van der Waals surface area contributed by atoms with Crippen molar-refractivity contribution in [2.45, 2.75) is 82.4 Å². The number of aliphatic imine (C=N–C) groups is 1. The molecule has 0 bridgehead atoms. The van der Waals surface area contributed by atoms with Gasteiger partial charge in [0.1, 0.15) is 17.5 Å². The summed E-state index contributed by atoms with van der Waals surface area (Å²) in [5.41, 5.74) is 9.48. The van der Waals surface area contributed by atoms with Crippen molar-refractivity contribution in [1.29, 1.82) is 0 Å². The van der Waals surface area contributed by atoms with Crippen LogP contribution < -0.4 is 27.1 Å². The van der Waals surface area contributed by atoms with E-state index in [1.54, 1.807) is 0 Å². The van der Waals surface area contributed by atoms with Crippen LogP contribution in [0, 0.1) is 28.6 Å². The molecule has 1 aliphatic carbocycles. The first-order chi connectivity index (χ1) is 30.6. The molecule has 0 radical (unpaired) electrons. The maximum absolute atomic E-state index is 14.8. The van der Waals surface area contributed by atoms with Crippen molar-refractivity contribution in [1.82, 2.24) is 26.3 Å². The molecule has 1 saturated carbocycles. The van der Waals surface area contributed by atoms with E-state index in [2.05, 4.69) is 37.7 Å². The van der Waals surface area contributed by atoms with E-state index in [0.717, 1.165) is 77.9 Å². The third kappa shape index (κ3) is 14.5. The number of guanidine groups is 1. The van der Waals surface area contributed by atoms with E-state index in [1.165, 1.54) is 0 Å². The number of hydrazine groups is 1. The molecule has 1 aliphatic heterocycles. The van der Waals surface area contributed by atoms with Gasteiger partial charge in [0.2, 0.25) is 17.7 Å². The van der Waals surface area contributed by atoms with E-state index in [9.17, 15) is 24.4 Å². The summed E-state index contributed by atoms with van der Waals surface area (Å²) in [4.78, 5) is 59.4. The van der Waals surface area contributed by atoms with Crippen LogP contribution in [0.5, 0.6) is 0 Å². The van der Waals surface area contributed by atoms with Gasteiger partial charge in [0.15, 0.2) is 0 Å². The van der Waals surface area contributed by atoms with Crippen LogP contribution in [0.25, 0.3) is 21.5 Å². The molecule has 1 heterocycles. The van der Waals surface area contributed by atoms with Crippen LogP contribution in [0.2, 0.25) is 0 Å². The van der Waals surface area contributed by atoms with Gasteiger partial charge in [-0.05, 0) is 63.3 Å². The molecule has 0 aromatic heterocycles. The standard InChI is InChI=1S/C48H60N8O7/c49-48(54-56(61)62)51-23-9-8-22-42(47(60)53-43(30-34-12-2-1-3-13-34)44(57)33-45(58)50-24-25-55-26-28-63-29-27-55)52-46(59)39(31-37-18-10-16-35-14-4-6-20-40(35)37)32-38-19-11-17-36-15-5-7-21-41(36)38/h4-7,10-11,14-21,34,39,42-44,57H,1-3,12-13,22-33H2,(H6-,49,50,51,52,53,54,58,59,60,61,62)/p+1. The zero-order valence-corrected chi connectivity index (χ0v) is 35.8. The Labute approximate surface area is 368 Å². The Morgan fingerprint density at radius 1 is 0.841 bits per heavy atom. The fourth-order valence-corrected chi connectivity index (χ4v) is 8.68. The minimum Gasteiger partial charge on any atom is -0.390 e. The summed E-state index contributed by atoms with van der Waals surface area (Å²) in [7, 11) is 0. The molecular weight excluding hydrogens is 801 g/mol. The Bertz CT molecular complexity index is 2170. The number of carbonyl (C=O) groups excluding carboxylic acids is 3. The Hall–Kier alpha value is -6.08. The number of hydrogen-bond acceptors (Lipinski definition) is 8. The van der Waals surface area contributed by atoms with E-state index in [0.29, 0.717) is 45.6 Å². The lowest BCUT2D eigenvalue weighted by atomic mass is 9.83. The van der Waals surface area contributed by atoms with Gasteiger partial charge in [0, 0.05) is 38.5 Å². The fraction of sp³-hybridized carbons (Fsp3) is 0.458. The van der Waals surface area contributed by atoms with Crippen LogP contribution >= 0.6 is 0 Å². The van der Waals surface area contributed by atoms with Crippen molar-refractivity contribution < 1.29 is 34.5 Å². The van der Waals surface area contributed by atoms with Crippen molar-refractivity contribution in [3.05, 3.63) is 101 Å². The number of rotatable bonds is 19. The molecule has 3 amide bonds. The minimum atomic E-state index is -1.18. The summed E-state index contributed by atoms with van der Waals surface area (Å²) in [5.74, 6) is 3.83. The maximum Gasteiger partial charge on any atom is 0.362 e. The quantitative estimate of drug-likeness (QED) is 0.0313. The second-order valence-corrected chi connectivity index (χ2v) is 16.5. The minimum absolute atomic E-state index is 0.113. The van der Waals surface area contributed by atoms with Gasteiger partial charge in [-0.15, -0.1) is 0 Å². The molecule has 2 fully saturated rings. The number of hydrogen-bond donors (Lipinski definition) is 7. The average molecular weight is 862 g/mol. The van der Waals surface area contributed by atoms with Crippen molar-refractivity contribution in [2.75, 3.05) is 45.9 Å². The van der Waals surface area contributed by atoms with Gasteiger partial charge in [0.25, 0.3) is 5.96 Å². The first-order valence-corrected chi connectivity index (χ1v) is 22.1. The van der Waals surface area contributed by atoms with Crippen LogP contribution in [0.3, 0.4) is 0 Å². The highest BCUT2D eigenvalue weighted by molar-refractivity contribution is 5.91. The Balaban J connectivity index is 1.24. The lowest BCUT2D eigenvalue weighted by Crippen LogP contribution is -2.54. The topological polar surface area (TPSA) is 211 Å². The molecule has 3 unspecified atom stereocenters. The zero-order chi connectivity index (χ0) is 44.4. The molecule has 334 valence electrons. The van der Waals surface area contributed by atoms with Crippen LogP contribution in [-0.2, 0) is 32.0 Å². The third-order valence-corrected chi connectivity index (χ3v) is 12.0. The molecule has 0 spiro atoms. The highest BCUT2D eigenvalue weighted by Gasteiger charge is 2.32. The Morgan fingerprint density at radius 2 is 1.46 bits per heavy atom. The van der Waals surface area contributed by atoms with Crippen LogP contribution in [0.15, 0.2) is 89.9 Å². The second kappa shape index (κ2) is 23.9. The van der Waals surface area contributed by atoms with E-state index in [-0.39, 0.29) is 43.1 Å². The summed E-state index contributed by atoms with van der Waals surface area (Å²) in [6, 6.07) is 26.3. The van der Waals surface area contributed by atoms with E-state index < -0.39 is 35.0 Å². The first-order valence-electron chi connectivity index (χ1n) is 22.1. The summed E-state index contributed by atoms with van der Waals surface area (Å²) in [5, 5.41) is 33.1. The number of benzene rings is 4. The van der Waals surface area contributed by atoms with Gasteiger partial charge in [-0.1, -0.05) is 129 Å². The van der Waals surface area contributed by atoms with E-state index >= 15 is 0 Å². The maximum atomic E-state index is 14.8. The molecular formula is C48H61N8O7+. The predicted octanol–water partition coefficient (Wildman–Crippen LogP) is 3.91. The Morgan fingerprint density at radius 3 is 2.10 bits per heavy atom. The van der Waals surface area contributed by atoms with Gasteiger partial charge >= 0.3 is 5.03 Å². The molecule has 2 aliphatic rings. The Kier molecular flexibility index (Phi) is 17.6. The van der Waals surface area contributed by atoms with Gasteiger partial charge in [-0.3, -0.25) is 19.3 Å². The first kappa shape index (κ1) is 46.4. The molecule has 8 N–H and O–H groups in total. The van der Waals surface area contributed by atoms with Gasteiger partial charge < -0.3 is 31.5 Å². The number of amides is 3. The van der Waals surface area contributed by atoms with Crippen molar-refractivity contribution >= 4 is 45.2 Å². The molecule has 4 aromatic carbocycles. The summed E-state index contributed by atoms with van der Waals surface area (Å²) in [6.45, 7) is 3.84.